The molecule has 0 amide bonds. The van der Waals surface area contributed by atoms with Gasteiger partial charge in [0.25, 0.3) is 0 Å². The van der Waals surface area contributed by atoms with E-state index in [4.69, 9.17) is 4.74 Å². The number of carbonyl (C=O) groups is 1. The third-order valence-corrected chi connectivity index (χ3v) is 3.55. The first-order valence-corrected chi connectivity index (χ1v) is 5.47. The molecule has 1 aromatic rings. The average molecular weight is 320 g/mol. The molecule has 74 valence electrons. The SMILES string of the molecule is C=CCOC(=O)c1cccc(Br)c1Br. The lowest BCUT2D eigenvalue weighted by Gasteiger charge is -2.04. The molecule has 4 heteroatoms. The number of benzene rings is 1. The Labute approximate surface area is 99.2 Å². The number of halogens is 2. The van der Waals surface area contributed by atoms with Crippen LogP contribution in [0.5, 0.6) is 0 Å². The largest absolute Gasteiger partial charge is 0.458 e. The quantitative estimate of drug-likeness (QED) is 0.629. The standard InChI is InChI=1S/C10H8Br2O2/c1-2-6-14-10(13)7-4-3-5-8(11)9(7)12/h2-5H,1,6H2. The van der Waals surface area contributed by atoms with E-state index < -0.39 is 0 Å². The molecular formula is C10H8Br2O2. The second-order valence-corrected chi connectivity index (χ2v) is 4.14. The zero-order chi connectivity index (χ0) is 10.6. The average Bonchev–Trinajstić information content (AvgIpc) is 2.18. The van der Waals surface area contributed by atoms with Gasteiger partial charge in [0.1, 0.15) is 6.61 Å². The Kier molecular flexibility index (Phi) is 4.35. The van der Waals surface area contributed by atoms with Crippen LogP contribution < -0.4 is 0 Å². The Balaban J connectivity index is 2.89. The minimum absolute atomic E-state index is 0.220. The number of esters is 1. The van der Waals surface area contributed by atoms with Gasteiger partial charge >= 0.3 is 5.97 Å². The molecule has 2 nitrogen and oxygen atoms in total. The Bertz CT molecular complexity index is 361. The molecule has 1 rings (SSSR count). The Morgan fingerprint density at radius 3 is 2.86 bits per heavy atom. The van der Waals surface area contributed by atoms with Crippen LogP contribution in [0.25, 0.3) is 0 Å². The molecule has 0 N–H and O–H groups in total. The highest BCUT2D eigenvalue weighted by Crippen LogP contribution is 2.26. The van der Waals surface area contributed by atoms with Gasteiger partial charge < -0.3 is 4.74 Å². The molecule has 0 bridgehead atoms. The van der Waals surface area contributed by atoms with Gasteiger partial charge in [-0.25, -0.2) is 4.79 Å². The van der Waals surface area contributed by atoms with Crippen molar-refractivity contribution in [3.8, 4) is 0 Å². The van der Waals surface area contributed by atoms with Crippen molar-refractivity contribution < 1.29 is 9.53 Å². The van der Waals surface area contributed by atoms with Gasteiger partial charge in [-0.2, -0.15) is 0 Å². The van der Waals surface area contributed by atoms with Gasteiger partial charge in [-0.1, -0.05) is 18.7 Å². The van der Waals surface area contributed by atoms with Gasteiger partial charge in [0.2, 0.25) is 0 Å². The third-order valence-electron chi connectivity index (χ3n) is 1.50. The third kappa shape index (κ3) is 2.69. The van der Waals surface area contributed by atoms with Gasteiger partial charge in [-0.3, -0.25) is 0 Å². The van der Waals surface area contributed by atoms with Crippen LogP contribution >= 0.6 is 31.9 Å². The number of ether oxygens (including phenoxy) is 1. The van der Waals surface area contributed by atoms with Crippen LogP contribution in [0.4, 0.5) is 0 Å². The van der Waals surface area contributed by atoms with Crippen LogP contribution in [-0.2, 0) is 4.74 Å². The first kappa shape index (κ1) is 11.5. The van der Waals surface area contributed by atoms with Crippen LogP contribution in [0.3, 0.4) is 0 Å². The van der Waals surface area contributed by atoms with Crippen LogP contribution in [0.2, 0.25) is 0 Å². The van der Waals surface area contributed by atoms with Crippen molar-refractivity contribution in [1.82, 2.24) is 0 Å². The Hall–Kier alpha value is -0.610. The number of hydrogen-bond acceptors (Lipinski definition) is 2. The van der Waals surface area contributed by atoms with Crippen LogP contribution in [0.1, 0.15) is 10.4 Å². The molecule has 0 heterocycles. The zero-order valence-corrected chi connectivity index (χ0v) is 10.5. The summed E-state index contributed by atoms with van der Waals surface area (Å²) >= 11 is 6.61. The molecule has 0 spiro atoms. The maximum Gasteiger partial charge on any atom is 0.339 e. The lowest BCUT2D eigenvalue weighted by Crippen LogP contribution is -2.05. The molecule has 0 unspecified atom stereocenters. The van der Waals surface area contributed by atoms with E-state index in [-0.39, 0.29) is 12.6 Å². The topological polar surface area (TPSA) is 26.3 Å². The molecule has 14 heavy (non-hydrogen) atoms. The molecule has 0 aliphatic heterocycles. The second kappa shape index (κ2) is 5.32. The van der Waals surface area contributed by atoms with Crippen molar-refractivity contribution in [1.29, 1.82) is 0 Å². The monoisotopic (exact) mass is 318 g/mol. The van der Waals surface area contributed by atoms with Crippen LogP contribution in [0.15, 0.2) is 39.8 Å². The lowest BCUT2D eigenvalue weighted by atomic mass is 10.2. The summed E-state index contributed by atoms with van der Waals surface area (Å²) < 4.78 is 6.43. The molecular weight excluding hydrogens is 312 g/mol. The summed E-state index contributed by atoms with van der Waals surface area (Å²) in [6.45, 7) is 3.69. The lowest BCUT2D eigenvalue weighted by molar-refractivity contribution is 0.0548. The van der Waals surface area contributed by atoms with Crippen molar-refractivity contribution in [2.45, 2.75) is 0 Å². The number of rotatable bonds is 3. The van der Waals surface area contributed by atoms with Gasteiger partial charge in [-0.05, 0) is 44.0 Å². The van der Waals surface area contributed by atoms with Crippen LogP contribution in [-0.4, -0.2) is 12.6 Å². The fraction of sp³-hybridized carbons (Fsp3) is 0.100. The van der Waals surface area contributed by atoms with E-state index in [1.54, 1.807) is 12.1 Å². The summed E-state index contributed by atoms with van der Waals surface area (Å²) in [5, 5.41) is 0. The van der Waals surface area contributed by atoms with E-state index in [2.05, 4.69) is 38.4 Å². The second-order valence-electron chi connectivity index (χ2n) is 2.49. The first-order valence-electron chi connectivity index (χ1n) is 3.89. The Morgan fingerprint density at radius 1 is 1.50 bits per heavy atom. The maximum absolute atomic E-state index is 11.5. The van der Waals surface area contributed by atoms with E-state index in [1.807, 2.05) is 6.07 Å². The van der Waals surface area contributed by atoms with Crippen molar-refractivity contribution in [3.05, 3.63) is 45.4 Å². The highest BCUT2D eigenvalue weighted by Gasteiger charge is 2.12. The van der Waals surface area contributed by atoms with E-state index in [0.29, 0.717) is 10.0 Å². The van der Waals surface area contributed by atoms with Gasteiger partial charge in [-0.15, -0.1) is 0 Å². The molecule has 0 aliphatic rings. The minimum atomic E-state index is -0.363. The highest BCUT2D eigenvalue weighted by molar-refractivity contribution is 9.13. The maximum atomic E-state index is 11.5. The van der Waals surface area contributed by atoms with Crippen molar-refractivity contribution in [2.75, 3.05) is 6.61 Å². The van der Waals surface area contributed by atoms with E-state index in [0.717, 1.165) is 4.47 Å². The molecule has 0 radical (unpaired) electrons. The predicted molar refractivity (Wildman–Crippen MR) is 62.3 cm³/mol. The predicted octanol–water partition coefficient (Wildman–Crippen LogP) is 3.55. The van der Waals surface area contributed by atoms with E-state index >= 15 is 0 Å². The van der Waals surface area contributed by atoms with E-state index in [9.17, 15) is 4.79 Å². The fourth-order valence-corrected chi connectivity index (χ4v) is 1.67. The molecule has 0 atom stereocenters. The van der Waals surface area contributed by atoms with Crippen LogP contribution in [0, 0.1) is 0 Å². The van der Waals surface area contributed by atoms with Gasteiger partial charge in [0, 0.05) is 8.95 Å². The van der Waals surface area contributed by atoms with E-state index in [1.165, 1.54) is 6.08 Å². The highest BCUT2D eigenvalue weighted by atomic mass is 79.9. The van der Waals surface area contributed by atoms with Gasteiger partial charge in [0.05, 0.1) is 5.56 Å². The smallest absolute Gasteiger partial charge is 0.339 e. The summed E-state index contributed by atoms with van der Waals surface area (Å²) in [5.41, 5.74) is 0.501. The molecule has 1 aromatic carbocycles. The summed E-state index contributed by atoms with van der Waals surface area (Å²) in [6.07, 6.45) is 1.53. The summed E-state index contributed by atoms with van der Waals surface area (Å²) in [5.74, 6) is -0.363. The summed E-state index contributed by atoms with van der Waals surface area (Å²) in [4.78, 5) is 11.5. The molecule has 0 fully saturated rings. The van der Waals surface area contributed by atoms with Crippen molar-refractivity contribution >= 4 is 37.8 Å². The minimum Gasteiger partial charge on any atom is -0.458 e. The van der Waals surface area contributed by atoms with Crippen molar-refractivity contribution in [2.24, 2.45) is 0 Å². The number of carbonyl (C=O) groups excluding carboxylic acids is 1. The molecule has 0 aromatic heterocycles. The molecule has 0 saturated carbocycles. The molecule has 0 saturated heterocycles. The number of hydrogen-bond donors (Lipinski definition) is 0. The van der Waals surface area contributed by atoms with Crippen molar-refractivity contribution in [3.63, 3.8) is 0 Å². The first-order chi connectivity index (χ1) is 6.66. The zero-order valence-electron chi connectivity index (χ0n) is 7.30. The normalized spacial score (nSPS) is 9.57. The summed E-state index contributed by atoms with van der Waals surface area (Å²) in [7, 11) is 0. The van der Waals surface area contributed by atoms with Gasteiger partial charge in [0.15, 0.2) is 0 Å². The summed E-state index contributed by atoms with van der Waals surface area (Å²) in [6, 6.07) is 5.31. The fourth-order valence-electron chi connectivity index (χ4n) is 0.874. The Morgan fingerprint density at radius 2 is 2.21 bits per heavy atom. The molecule has 0 aliphatic carbocycles.